The van der Waals surface area contributed by atoms with Crippen molar-refractivity contribution in [2.24, 2.45) is 35.0 Å². The van der Waals surface area contributed by atoms with E-state index in [1.54, 1.807) is 0 Å². The smallest absolute Gasteiger partial charge is 0.223 e. The number of methoxy groups -OCH3 is 1. The Kier molecular flexibility index (Phi) is 7.61. The highest BCUT2D eigenvalue weighted by Crippen LogP contribution is 2.67. The maximum Gasteiger partial charge on any atom is 0.223 e. The zero-order valence-corrected chi connectivity index (χ0v) is 18.6. The number of amides is 1. The third-order valence-electron chi connectivity index (χ3n) is 7.76. The Hall–Kier alpha value is -1.13. The fourth-order valence-corrected chi connectivity index (χ4v) is 5.21. The molecule has 2 N–H and O–H groups in total. The number of aliphatic hydroxyl groups excluding tert-OH is 1. The van der Waals surface area contributed by atoms with E-state index >= 15 is 0 Å². The molecule has 0 aliphatic heterocycles. The quantitative estimate of drug-likeness (QED) is 0.420. The molecule has 0 aromatic rings. The van der Waals surface area contributed by atoms with Crippen LogP contribution in [0.4, 0.5) is 0 Å². The number of carbonyl (C=O) groups excluding carboxylic acids is 1. The van der Waals surface area contributed by atoms with Gasteiger partial charge in [-0.15, -0.1) is 6.58 Å². The highest BCUT2D eigenvalue weighted by Gasteiger charge is 2.59. The SMILES string of the molecule is C=CC[C@@H](CC[C@@]1(C)C[C@@H]1[C@H]1C[C@@H]1CC/C=C\[C@H](CO)NC(=O)[C@@H]1C[C@@H]1C)OC. The number of hydrogen-bond donors (Lipinski definition) is 2. The monoisotopic (exact) mass is 403 g/mol. The summed E-state index contributed by atoms with van der Waals surface area (Å²) in [5, 5.41) is 12.5. The molecule has 164 valence electrons. The van der Waals surface area contributed by atoms with Gasteiger partial charge in [0.15, 0.2) is 0 Å². The second-order valence-electron chi connectivity index (χ2n) is 10.2. The van der Waals surface area contributed by atoms with Gasteiger partial charge in [-0.25, -0.2) is 0 Å². The van der Waals surface area contributed by atoms with Crippen LogP contribution in [-0.4, -0.2) is 36.9 Å². The second-order valence-corrected chi connectivity index (χ2v) is 10.2. The Labute approximate surface area is 177 Å². The molecule has 4 nitrogen and oxygen atoms in total. The van der Waals surface area contributed by atoms with Crippen molar-refractivity contribution in [3.63, 3.8) is 0 Å². The molecule has 3 aliphatic carbocycles. The molecule has 4 heteroatoms. The van der Waals surface area contributed by atoms with Crippen LogP contribution >= 0.6 is 0 Å². The number of rotatable bonds is 14. The number of nitrogens with one attached hydrogen (secondary N) is 1. The van der Waals surface area contributed by atoms with Gasteiger partial charge in [0.1, 0.15) is 0 Å². The van der Waals surface area contributed by atoms with Crippen molar-refractivity contribution in [3.05, 3.63) is 24.8 Å². The van der Waals surface area contributed by atoms with Crippen LogP contribution in [0.2, 0.25) is 0 Å². The Balaban J connectivity index is 1.31. The molecule has 8 atom stereocenters. The summed E-state index contributed by atoms with van der Waals surface area (Å²) >= 11 is 0. The van der Waals surface area contributed by atoms with E-state index in [-0.39, 0.29) is 24.5 Å². The molecule has 0 aromatic heterocycles. The molecular weight excluding hydrogens is 362 g/mol. The number of ether oxygens (including phenoxy) is 1. The topological polar surface area (TPSA) is 58.6 Å². The molecule has 0 radical (unpaired) electrons. The first-order valence-corrected chi connectivity index (χ1v) is 11.6. The molecule has 0 spiro atoms. The first-order valence-electron chi connectivity index (χ1n) is 11.6. The Morgan fingerprint density at radius 3 is 2.79 bits per heavy atom. The fourth-order valence-electron chi connectivity index (χ4n) is 5.21. The van der Waals surface area contributed by atoms with Crippen molar-refractivity contribution in [2.45, 2.75) is 77.4 Å². The average molecular weight is 404 g/mol. The summed E-state index contributed by atoms with van der Waals surface area (Å²) in [4.78, 5) is 12.0. The van der Waals surface area contributed by atoms with Gasteiger partial charge in [0.05, 0.1) is 18.8 Å². The van der Waals surface area contributed by atoms with Gasteiger partial charge in [0.25, 0.3) is 0 Å². The predicted octanol–water partition coefficient (Wildman–Crippen LogP) is 4.49. The Bertz CT molecular complexity index is 603. The number of carbonyl (C=O) groups is 1. The summed E-state index contributed by atoms with van der Waals surface area (Å²) in [7, 11) is 1.81. The number of allylic oxidation sites excluding steroid dienone is 1. The molecule has 0 bridgehead atoms. The van der Waals surface area contributed by atoms with Gasteiger partial charge < -0.3 is 15.2 Å². The van der Waals surface area contributed by atoms with E-state index in [1.165, 1.54) is 25.7 Å². The van der Waals surface area contributed by atoms with Crippen LogP contribution in [0.1, 0.15) is 65.2 Å². The zero-order valence-electron chi connectivity index (χ0n) is 18.6. The van der Waals surface area contributed by atoms with E-state index in [4.69, 9.17) is 4.74 Å². The highest BCUT2D eigenvalue weighted by atomic mass is 16.5. The van der Waals surface area contributed by atoms with Gasteiger partial charge in [-0.2, -0.15) is 0 Å². The average Bonchev–Trinajstić information content (AvgIpc) is 3.61. The van der Waals surface area contributed by atoms with Crippen LogP contribution in [0.5, 0.6) is 0 Å². The lowest BCUT2D eigenvalue weighted by Gasteiger charge is -2.17. The van der Waals surface area contributed by atoms with Crippen LogP contribution in [-0.2, 0) is 9.53 Å². The zero-order chi connectivity index (χ0) is 21.0. The van der Waals surface area contributed by atoms with Crippen LogP contribution in [0.25, 0.3) is 0 Å². The van der Waals surface area contributed by atoms with Crippen molar-refractivity contribution in [3.8, 4) is 0 Å². The first kappa shape index (κ1) is 22.6. The van der Waals surface area contributed by atoms with Crippen LogP contribution < -0.4 is 5.32 Å². The van der Waals surface area contributed by atoms with Gasteiger partial charge in [-0.1, -0.05) is 32.1 Å². The van der Waals surface area contributed by atoms with Crippen LogP contribution in [0, 0.1) is 35.0 Å². The van der Waals surface area contributed by atoms with E-state index in [2.05, 4.69) is 31.8 Å². The van der Waals surface area contributed by atoms with Gasteiger partial charge in [-0.3, -0.25) is 4.79 Å². The number of hydrogen-bond acceptors (Lipinski definition) is 3. The molecule has 3 rings (SSSR count). The van der Waals surface area contributed by atoms with Crippen molar-refractivity contribution in [1.29, 1.82) is 0 Å². The molecule has 1 amide bonds. The normalized spacial score (nSPS) is 37.2. The van der Waals surface area contributed by atoms with Crippen LogP contribution in [0.15, 0.2) is 24.8 Å². The third kappa shape index (κ3) is 6.18. The third-order valence-corrected chi connectivity index (χ3v) is 7.76. The van der Waals surface area contributed by atoms with E-state index < -0.39 is 0 Å². The minimum atomic E-state index is -0.235. The van der Waals surface area contributed by atoms with Crippen molar-refractivity contribution >= 4 is 5.91 Å². The van der Waals surface area contributed by atoms with Crippen molar-refractivity contribution < 1.29 is 14.6 Å². The maximum atomic E-state index is 12.0. The second kappa shape index (κ2) is 9.78. The minimum absolute atomic E-state index is 0.0237. The summed E-state index contributed by atoms with van der Waals surface area (Å²) in [6.45, 7) is 8.37. The van der Waals surface area contributed by atoms with Crippen molar-refractivity contribution in [1.82, 2.24) is 5.32 Å². The molecular formula is C25H41NO3. The van der Waals surface area contributed by atoms with E-state index in [0.717, 1.165) is 43.4 Å². The Morgan fingerprint density at radius 2 is 2.17 bits per heavy atom. The molecule has 0 unspecified atom stereocenters. The summed E-state index contributed by atoms with van der Waals surface area (Å²) in [5.74, 6) is 3.45. The summed E-state index contributed by atoms with van der Waals surface area (Å²) in [6.07, 6.45) is 15.8. The van der Waals surface area contributed by atoms with Gasteiger partial charge in [-0.05, 0) is 80.5 Å². The fraction of sp³-hybridized carbons (Fsp3) is 0.800. The largest absolute Gasteiger partial charge is 0.394 e. The molecule has 29 heavy (non-hydrogen) atoms. The molecule has 3 fully saturated rings. The van der Waals surface area contributed by atoms with Gasteiger partial charge in [0.2, 0.25) is 5.91 Å². The van der Waals surface area contributed by atoms with E-state index in [0.29, 0.717) is 17.4 Å². The first-order chi connectivity index (χ1) is 13.9. The molecule has 3 aliphatic rings. The maximum absolute atomic E-state index is 12.0. The summed E-state index contributed by atoms with van der Waals surface area (Å²) in [6, 6.07) is -0.235. The standard InChI is InChI=1S/C25H41NO3/c1-5-8-20(29-4)11-12-25(3)15-23(25)22-14-18(22)9-6-7-10-19(16-27)26-24(28)21-13-17(21)2/h5,7,10,17-23,27H,1,6,8-9,11-16H2,2-4H3,(H,26,28)/b10-7-/t17-,18-,19+,20-,21+,22-,23+,25-/m0/s1. The lowest BCUT2D eigenvalue weighted by atomic mass is 9.94. The van der Waals surface area contributed by atoms with Crippen molar-refractivity contribution in [2.75, 3.05) is 13.7 Å². The lowest BCUT2D eigenvalue weighted by Crippen LogP contribution is -2.37. The predicted molar refractivity (Wildman–Crippen MR) is 117 cm³/mol. The number of aliphatic hydroxyl groups is 1. The summed E-state index contributed by atoms with van der Waals surface area (Å²) < 4.78 is 5.56. The van der Waals surface area contributed by atoms with Gasteiger partial charge >= 0.3 is 0 Å². The molecule has 0 aromatic carbocycles. The molecule has 0 saturated heterocycles. The molecule has 0 heterocycles. The summed E-state index contributed by atoms with van der Waals surface area (Å²) in [5.41, 5.74) is 0.527. The van der Waals surface area contributed by atoms with Gasteiger partial charge in [0, 0.05) is 13.0 Å². The van der Waals surface area contributed by atoms with E-state index in [1.807, 2.05) is 19.3 Å². The van der Waals surface area contributed by atoms with E-state index in [9.17, 15) is 9.90 Å². The Morgan fingerprint density at radius 1 is 1.41 bits per heavy atom. The van der Waals surface area contributed by atoms with Crippen LogP contribution in [0.3, 0.4) is 0 Å². The lowest BCUT2D eigenvalue weighted by molar-refractivity contribution is -0.123. The highest BCUT2D eigenvalue weighted by molar-refractivity contribution is 5.81. The molecule has 3 saturated carbocycles. The minimum Gasteiger partial charge on any atom is -0.394 e.